The minimum Gasteiger partial charge on any atom is -0.306 e. The van der Waals surface area contributed by atoms with Crippen LogP contribution in [-0.4, -0.2) is 34.1 Å². The first kappa shape index (κ1) is 16.3. The Kier molecular flexibility index (Phi) is 5.87. The molecule has 1 aliphatic rings. The Morgan fingerprint density at radius 3 is 2.78 bits per heavy atom. The maximum Gasteiger partial charge on any atom is 0.0991 e. The van der Waals surface area contributed by atoms with Crippen molar-refractivity contribution in [2.45, 2.75) is 45.4 Å². The van der Waals surface area contributed by atoms with Crippen molar-refractivity contribution < 1.29 is 0 Å². The van der Waals surface area contributed by atoms with Gasteiger partial charge in [-0.25, -0.2) is 4.98 Å². The van der Waals surface area contributed by atoms with Crippen molar-refractivity contribution in [1.82, 2.24) is 14.5 Å². The smallest absolute Gasteiger partial charge is 0.0991 e. The molecule has 0 radical (unpaired) electrons. The van der Waals surface area contributed by atoms with E-state index in [1.807, 2.05) is 18.7 Å². The molecule has 0 aliphatic carbocycles. The molecule has 1 fully saturated rings. The molecule has 1 aliphatic heterocycles. The van der Waals surface area contributed by atoms with Crippen molar-refractivity contribution in [2.24, 2.45) is 5.92 Å². The summed E-state index contributed by atoms with van der Waals surface area (Å²) in [6, 6.07) is 9.00. The van der Waals surface area contributed by atoms with E-state index in [1.165, 1.54) is 69.4 Å². The quantitative estimate of drug-likeness (QED) is 0.792. The van der Waals surface area contributed by atoms with E-state index in [4.69, 9.17) is 0 Å². The minimum atomic E-state index is 0.813. The zero-order valence-corrected chi connectivity index (χ0v) is 14.3. The second-order valence-corrected chi connectivity index (χ2v) is 6.86. The van der Waals surface area contributed by atoms with E-state index in [0.717, 1.165) is 5.92 Å². The lowest BCUT2D eigenvalue weighted by atomic mass is 9.94. The zero-order valence-electron chi connectivity index (χ0n) is 14.3. The largest absolute Gasteiger partial charge is 0.306 e. The average Bonchev–Trinajstić information content (AvgIpc) is 3.02. The Hall–Kier alpha value is -1.61. The normalized spacial score (nSPS) is 19.6. The van der Waals surface area contributed by atoms with Crippen LogP contribution in [0.4, 0.5) is 0 Å². The van der Waals surface area contributed by atoms with Crippen LogP contribution in [0.25, 0.3) is 5.69 Å². The Labute approximate surface area is 140 Å². The molecule has 0 amide bonds. The first-order chi connectivity index (χ1) is 11.3. The summed E-state index contributed by atoms with van der Waals surface area (Å²) >= 11 is 0. The first-order valence-electron chi connectivity index (χ1n) is 9.15. The van der Waals surface area contributed by atoms with Gasteiger partial charge in [0.05, 0.1) is 6.33 Å². The number of unbranched alkanes of at least 4 members (excludes halogenated alkanes) is 1. The average molecular weight is 311 g/mol. The lowest BCUT2D eigenvalue weighted by Gasteiger charge is -2.24. The van der Waals surface area contributed by atoms with Crippen LogP contribution >= 0.6 is 0 Å². The molecule has 124 valence electrons. The molecule has 3 heteroatoms. The van der Waals surface area contributed by atoms with Crippen LogP contribution in [0, 0.1) is 5.92 Å². The van der Waals surface area contributed by atoms with E-state index >= 15 is 0 Å². The number of aromatic nitrogens is 2. The van der Waals surface area contributed by atoms with E-state index in [2.05, 4.69) is 45.6 Å². The molecule has 1 saturated heterocycles. The van der Waals surface area contributed by atoms with Crippen molar-refractivity contribution in [3.05, 3.63) is 48.5 Å². The Morgan fingerprint density at radius 1 is 1.17 bits per heavy atom. The Bertz CT molecular complexity index is 559. The third kappa shape index (κ3) is 4.68. The van der Waals surface area contributed by atoms with Gasteiger partial charge in [0.1, 0.15) is 0 Å². The molecule has 0 bridgehead atoms. The molecule has 3 nitrogen and oxygen atoms in total. The van der Waals surface area contributed by atoms with E-state index < -0.39 is 0 Å². The van der Waals surface area contributed by atoms with Crippen LogP contribution in [0.15, 0.2) is 43.0 Å². The summed E-state index contributed by atoms with van der Waals surface area (Å²) in [7, 11) is 0. The van der Waals surface area contributed by atoms with Gasteiger partial charge in [-0.2, -0.15) is 0 Å². The highest BCUT2D eigenvalue weighted by Gasteiger charge is 2.18. The van der Waals surface area contributed by atoms with E-state index in [9.17, 15) is 0 Å². The predicted molar refractivity (Wildman–Crippen MR) is 96.0 cm³/mol. The van der Waals surface area contributed by atoms with Crippen LogP contribution in [0.2, 0.25) is 0 Å². The lowest BCUT2D eigenvalue weighted by molar-refractivity contribution is 0.244. The van der Waals surface area contributed by atoms with Gasteiger partial charge in [0.2, 0.25) is 0 Å². The maximum absolute atomic E-state index is 4.12. The number of benzene rings is 1. The lowest BCUT2D eigenvalue weighted by Crippen LogP contribution is -2.30. The van der Waals surface area contributed by atoms with Crippen LogP contribution < -0.4 is 0 Å². The zero-order chi connectivity index (χ0) is 15.9. The molecular formula is C20H29N3. The van der Waals surface area contributed by atoms with Gasteiger partial charge in [-0.1, -0.05) is 31.9 Å². The second kappa shape index (κ2) is 8.30. The SMILES string of the molecule is CCCCN1CCCCC(Cc2ccc(-n3ccnc3)cc2)C1. The highest BCUT2D eigenvalue weighted by molar-refractivity contribution is 5.34. The second-order valence-electron chi connectivity index (χ2n) is 6.86. The standard InChI is InChI=1S/C20H29N3/c1-2-3-12-22-13-5-4-6-19(16-22)15-18-7-9-20(10-8-18)23-14-11-21-17-23/h7-11,14,17,19H,2-6,12-13,15-16H2,1H3. The monoisotopic (exact) mass is 311 g/mol. The molecule has 1 atom stereocenters. The first-order valence-corrected chi connectivity index (χ1v) is 9.15. The highest BCUT2D eigenvalue weighted by atomic mass is 15.1. The molecule has 0 saturated carbocycles. The van der Waals surface area contributed by atoms with Crippen LogP contribution in [0.1, 0.15) is 44.6 Å². The number of rotatable bonds is 6. The van der Waals surface area contributed by atoms with Gasteiger partial charge in [0.25, 0.3) is 0 Å². The molecule has 1 aromatic carbocycles. The van der Waals surface area contributed by atoms with E-state index in [0.29, 0.717) is 0 Å². The summed E-state index contributed by atoms with van der Waals surface area (Å²) in [6.07, 6.45) is 13.7. The van der Waals surface area contributed by atoms with E-state index in [-0.39, 0.29) is 0 Å². The van der Waals surface area contributed by atoms with Gasteiger partial charge in [-0.05, 0) is 62.4 Å². The maximum atomic E-state index is 4.12. The van der Waals surface area contributed by atoms with Crippen molar-refractivity contribution >= 4 is 0 Å². The summed E-state index contributed by atoms with van der Waals surface area (Å²) in [5, 5.41) is 0. The molecule has 1 unspecified atom stereocenters. The minimum absolute atomic E-state index is 0.813. The molecule has 2 aromatic rings. The van der Waals surface area contributed by atoms with Crippen molar-refractivity contribution in [2.75, 3.05) is 19.6 Å². The van der Waals surface area contributed by atoms with Crippen molar-refractivity contribution in [1.29, 1.82) is 0 Å². The van der Waals surface area contributed by atoms with E-state index in [1.54, 1.807) is 0 Å². The van der Waals surface area contributed by atoms with Gasteiger partial charge in [-0.3, -0.25) is 0 Å². The number of imidazole rings is 1. The predicted octanol–water partition coefficient (Wildman–Crippen LogP) is 4.32. The highest BCUT2D eigenvalue weighted by Crippen LogP contribution is 2.21. The van der Waals surface area contributed by atoms with Gasteiger partial charge in [0.15, 0.2) is 0 Å². The summed E-state index contributed by atoms with van der Waals surface area (Å²) in [4.78, 5) is 6.81. The number of nitrogens with zero attached hydrogens (tertiary/aromatic N) is 3. The van der Waals surface area contributed by atoms with Crippen LogP contribution in [0.5, 0.6) is 0 Å². The van der Waals surface area contributed by atoms with Gasteiger partial charge in [-0.15, -0.1) is 0 Å². The Balaban J connectivity index is 1.59. The number of likely N-dealkylation sites (tertiary alicyclic amines) is 1. The summed E-state index contributed by atoms with van der Waals surface area (Å²) in [5.41, 5.74) is 2.66. The molecular weight excluding hydrogens is 282 g/mol. The molecule has 0 N–H and O–H groups in total. The number of hydrogen-bond donors (Lipinski definition) is 0. The molecule has 2 heterocycles. The molecule has 0 spiro atoms. The van der Waals surface area contributed by atoms with Crippen LogP contribution in [-0.2, 0) is 6.42 Å². The third-order valence-electron chi connectivity index (χ3n) is 4.94. The van der Waals surface area contributed by atoms with Crippen LogP contribution in [0.3, 0.4) is 0 Å². The van der Waals surface area contributed by atoms with Gasteiger partial charge >= 0.3 is 0 Å². The van der Waals surface area contributed by atoms with Gasteiger partial charge < -0.3 is 9.47 Å². The number of hydrogen-bond acceptors (Lipinski definition) is 2. The summed E-state index contributed by atoms with van der Waals surface area (Å²) < 4.78 is 2.06. The summed E-state index contributed by atoms with van der Waals surface area (Å²) in [6.45, 7) is 6.16. The molecule has 1 aromatic heterocycles. The fraction of sp³-hybridized carbons (Fsp3) is 0.550. The summed E-state index contributed by atoms with van der Waals surface area (Å²) in [5.74, 6) is 0.813. The molecule has 3 rings (SSSR count). The van der Waals surface area contributed by atoms with Crippen molar-refractivity contribution in [3.8, 4) is 5.69 Å². The topological polar surface area (TPSA) is 21.1 Å². The third-order valence-corrected chi connectivity index (χ3v) is 4.94. The fourth-order valence-corrected chi connectivity index (χ4v) is 3.62. The fourth-order valence-electron chi connectivity index (χ4n) is 3.62. The Morgan fingerprint density at radius 2 is 2.04 bits per heavy atom. The van der Waals surface area contributed by atoms with Gasteiger partial charge in [0, 0.05) is 24.6 Å². The van der Waals surface area contributed by atoms with Crippen molar-refractivity contribution in [3.63, 3.8) is 0 Å². The molecule has 23 heavy (non-hydrogen) atoms.